The predicted molar refractivity (Wildman–Crippen MR) is 71.8 cm³/mol. The van der Waals surface area contributed by atoms with Gasteiger partial charge >= 0.3 is 0 Å². The van der Waals surface area contributed by atoms with E-state index in [2.05, 4.69) is 5.32 Å². The van der Waals surface area contributed by atoms with Crippen molar-refractivity contribution in [2.24, 2.45) is 0 Å². The van der Waals surface area contributed by atoms with Crippen LogP contribution in [0.15, 0.2) is 18.2 Å². The molecule has 5 heteroatoms. The smallest absolute Gasteiger partial charge is 0.292 e. The molecule has 0 saturated carbocycles. The summed E-state index contributed by atoms with van der Waals surface area (Å²) < 4.78 is 0. The maximum Gasteiger partial charge on any atom is 0.292 e. The summed E-state index contributed by atoms with van der Waals surface area (Å²) in [5.74, 6) is 2.24. The van der Waals surface area contributed by atoms with Gasteiger partial charge in [-0.3, -0.25) is 10.1 Å². The number of aryl methyl sites for hydroxylation is 1. The van der Waals surface area contributed by atoms with Gasteiger partial charge < -0.3 is 5.32 Å². The zero-order valence-electron chi connectivity index (χ0n) is 9.81. The van der Waals surface area contributed by atoms with Crippen LogP contribution >= 0.6 is 11.8 Å². The van der Waals surface area contributed by atoms with Crippen molar-refractivity contribution in [3.8, 4) is 0 Å². The number of hydrogen-bond donors (Lipinski definition) is 1. The van der Waals surface area contributed by atoms with Gasteiger partial charge in [-0.15, -0.1) is 0 Å². The standard InChI is InChI=1S/C12H16N2O2S/c1-9-4-5-11(12(7-9)14(15)16)13-10-3-2-6-17-8-10/h4-5,7,10,13H,2-3,6,8H2,1H3. The number of benzene rings is 1. The Bertz CT molecular complexity index is 417. The first-order valence-electron chi connectivity index (χ1n) is 5.76. The normalized spacial score (nSPS) is 19.9. The third-order valence-corrected chi connectivity index (χ3v) is 4.09. The fourth-order valence-electron chi connectivity index (χ4n) is 1.99. The van der Waals surface area contributed by atoms with E-state index in [9.17, 15) is 10.1 Å². The first kappa shape index (κ1) is 12.2. The molecule has 1 unspecified atom stereocenters. The zero-order chi connectivity index (χ0) is 12.3. The number of thioether (sulfide) groups is 1. The van der Waals surface area contributed by atoms with E-state index in [-0.39, 0.29) is 10.6 Å². The topological polar surface area (TPSA) is 55.2 Å². The molecule has 1 fully saturated rings. The molecule has 92 valence electrons. The van der Waals surface area contributed by atoms with E-state index in [1.807, 2.05) is 30.8 Å². The Morgan fingerprint density at radius 2 is 2.35 bits per heavy atom. The SMILES string of the molecule is Cc1ccc(NC2CCCSC2)c([N+](=O)[O-])c1. The Kier molecular flexibility index (Phi) is 3.89. The minimum atomic E-state index is -0.314. The molecule has 0 spiro atoms. The summed E-state index contributed by atoms with van der Waals surface area (Å²) in [6, 6.07) is 5.70. The summed E-state index contributed by atoms with van der Waals surface area (Å²) in [4.78, 5) is 10.7. The highest BCUT2D eigenvalue weighted by Gasteiger charge is 2.19. The van der Waals surface area contributed by atoms with Gasteiger partial charge in [0.1, 0.15) is 5.69 Å². The van der Waals surface area contributed by atoms with Crippen LogP contribution in [-0.4, -0.2) is 22.5 Å². The number of nitrogens with zero attached hydrogens (tertiary/aromatic N) is 1. The fraction of sp³-hybridized carbons (Fsp3) is 0.500. The van der Waals surface area contributed by atoms with Crippen molar-refractivity contribution >= 4 is 23.1 Å². The van der Waals surface area contributed by atoms with Gasteiger partial charge in [0.15, 0.2) is 0 Å². The Labute approximate surface area is 105 Å². The van der Waals surface area contributed by atoms with E-state index in [0.717, 1.165) is 17.7 Å². The number of nitro benzene ring substituents is 1. The van der Waals surface area contributed by atoms with Gasteiger partial charge in [-0.25, -0.2) is 0 Å². The number of hydrogen-bond acceptors (Lipinski definition) is 4. The first-order chi connectivity index (χ1) is 8.16. The van der Waals surface area contributed by atoms with Crippen LogP contribution in [0.3, 0.4) is 0 Å². The van der Waals surface area contributed by atoms with Crippen LogP contribution in [-0.2, 0) is 0 Å². The van der Waals surface area contributed by atoms with Gasteiger partial charge in [0.2, 0.25) is 0 Å². The average molecular weight is 252 g/mol. The third-order valence-electron chi connectivity index (χ3n) is 2.87. The Hall–Kier alpha value is -1.23. The lowest BCUT2D eigenvalue weighted by Gasteiger charge is -2.23. The van der Waals surface area contributed by atoms with Crippen LogP contribution in [0.1, 0.15) is 18.4 Å². The highest BCUT2D eigenvalue weighted by atomic mass is 32.2. The monoisotopic (exact) mass is 252 g/mol. The van der Waals surface area contributed by atoms with Crippen LogP contribution in [0.4, 0.5) is 11.4 Å². The Morgan fingerprint density at radius 1 is 1.53 bits per heavy atom. The lowest BCUT2D eigenvalue weighted by atomic mass is 10.1. The van der Waals surface area contributed by atoms with Crippen molar-refractivity contribution in [1.82, 2.24) is 0 Å². The van der Waals surface area contributed by atoms with Crippen LogP contribution in [0.2, 0.25) is 0 Å². The molecule has 0 amide bonds. The van der Waals surface area contributed by atoms with E-state index in [4.69, 9.17) is 0 Å². The predicted octanol–water partition coefficient (Wildman–Crippen LogP) is 3.21. The van der Waals surface area contributed by atoms with Gasteiger partial charge in [-0.1, -0.05) is 6.07 Å². The van der Waals surface area contributed by atoms with Crippen molar-refractivity contribution in [2.45, 2.75) is 25.8 Å². The van der Waals surface area contributed by atoms with Crippen LogP contribution in [0.25, 0.3) is 0 Å². The molecule has 1 atom stereocenters. The Balaban J connectivity index is 2.16. The molecule has 0 bridgehead atoms. The van der Waals surface area contributed by atoms with Crippen molar-refractivity contribution < 1.29 is 4.92 Å². The number of anilines is 1. The summed E-state index contributed by atoms with van der Waals surface area (Å²) in [5, 5.41) is 14.3. The molecule has 4 nitrogen and oxygen atoms in total. The molecule has 0 aliphatic carbocycles. The van der Waals surface area contributed by atoms with Gasteiger partial charge in [-0.2, -0.15) is 11.8 Å². The van der Waals surface area contributed by atoms with Gasteiger partial charge in [0.05, 0.1) is 4.92 Å². The second-order valence-electron chi connectivity index (χ2n) is 4.34. The molecule has 1 N–H and O–H groups in total. The lowest BCUT2D eigenvalue weighted by molar-refractivity contribution is -0.384. The molecule has 0 aromatic heterocycles. The summed E-state index contributed by atoms with van der Waals surface area (Å²) in [5.41, 5.74) is 1.74. The van der Waals surface area contributed by atoms with Crippen molar-refractivity contribution in [3.63, 3.8) is 0 Å². The number of rotatable bonds is 3. The van der Waals surface area contributed by atoms with Crippen molar-refractivity contribution in [1.29, 1.82) is 0 Å². The summed E-state index contributed by atoms with van der Waals surface area (Å²) in [6.45, 7) is 1.87. The van der Waals surface area contributed by atoms with E-state index in [1.165, 1.54) is 12.2 Å². The number of nitro groups is 1. The van der Waals surface area contributed by atoms with E-state index < -0.39 is 0 Å². The highest BCUT2D eigenvalue weighted by molar-refractivity contribution is 7.99. The molecule has 1 aromatic carbocycles. The second kappa shape index (κ2) is 5.40. The van der Waals surface area contributed by atoms with E-state index in [0.29, 0.717) is 11.7 Å². The third kappa shape index (κ3) is 3.12. The molecule has 1 heterocycles. The number of nitrogens with one attached hydrogen (secondary N) is 1. The highest BCUT2D eigenvalue weighted by Crippen LogP contribution is 2.28. The first-order valence-corrected chi connectivity index (χ1v) is 6.91. The maximum atomic E-state index is 11.0. The van der Waals surface area contributed by atoms with Gasteiger partial charge in [0, 0.05) is 17.9 Å². The molecular weight excluding hydrogens is 236 g/mol. The van der Waals surface area contributed by atoms with Gasteiger partial charge in [0.25, 0.3) is 5.69 Å². The van der Waals surface area contributed by atoms with Crippen LogP contribution in [0, 0.1) is 17.0 Å². The quantitative estimate of drug-likeness (QED) is 0.663. The Morgan fingerprint density at radius 3 is 3.00 bits per heavy atom. The maximum absolute atomic E-state index is 11.0. The van der Waals surface area contributed by atoms with Crippen molar-refractivity contribution in [3.05, 3.63) is 33.9 Å². The molecule has 1 aromatic rings. The fourth-order valence-corrected chi connectivity index (χ4v) is 3.06. The minimum Gasteiger partial charge on any atom is -0.376 e. The molecule has 17 heavy (non-hydrogen) atoms. The largest absolute Gasteiger partial charge is 0.376 e. The van der Waals surface area contributed by atoms with Crippen LogP contribution < -0.4 is 5.32 Å². The average Bonchev–Trinajstić information content (AvgIpc) is 2.32. The van der Waals surface area contributed by atoms with Crippen molar-refractivity contribution in [2.75, 3.05) is 16.8 Å². The second-order valence-corrected chi connectivity index (χ2v) is 5.49. The molecule has 1 aliphatic heterocycles. The zero-order valence-corrected chi connectivity index (χ0v) is 10.6. The molecule has 1 aliphatic rings. The molecule has 2 rings (SSSR count). The molecule has 0 radical (unpaired) electrons. The summed E-state index contributed by atoms with van der Waals surface area (Å²) in [6.07, 6.45) is 2.28. The van der Waals surface area contributed by atoms with E-state index >= 15 is 0 Å². The molecular formula is C12H16N2O2S. The van der Waals surface area contributed by atoms with Gasteiger partial charge in [-0.05, 0) is 37.1 Å². The van der Waals surface area contributed by atoms with E-state index in [1.54, 1.807) is 6.07 Å². The summed E-state index contributed by atoms with van der Waals surface area (Å²) in [7, 11) is 0. The minimum absolute atomic E-state index is 0.181. The summed E-state index contributed by atoms with van der Waals surface area (Å²) >= 11 is 1.91. The lowest BCUT2D eigenvalue weighted by Crippen LogP contribution is -2.26. The molecule has 1 saturated heterocycles. The van der Waals surface area contributed by atoms with Crippen LogP contribution in [0.5, 0.6) is 0 Å².